The van der Waals surface area contributed by atoms with Gasteiger partial charge in [0.25, 0.3) is 0 Å². The third kappa shape index (κ3) is 3.55. The van der Waals surface area contributed by atoms with Crippen LogP contribution >= 0.6 is 0 Å². The summed E-state index contributed by atoms with van der Waals surface area (Å²) in [5.74, 6) is 0.0178. The van der Waals surface area contributed by atoms with Crippen molar-refractivity contribution in [1.82, 2.24) is 0 Å². The highest BCUT2D eigenvalue weighted by molar-refractivity contribution is 5.93. The van der Waals surface area contributed by atoms with Crippen LogP contribution in [0.2, 0.25) is 0 Å². The standard InChI is InChI=1S/C11H11N3O3/c1-16-9-5-3-8(4-6-9)7-10(13-14-12)11(15)17-2/h3-7H,1-2H3/b10-7-. The highest BCUT2D eigenvalue weighted by Crippen LogP contribution is 2.15. The van der Waals surface area contributed by atoms with Gasteiger partial charge < -0.3 is 9.47 Å². The van der Waals surface area contributed by atoms with Crippen LogP contribution in [0.3, 0.4) is 0 Å². The zero-order valence-electron chi connectivity index (χ0n) is 9.45. The SMILES string of the molecule is COC(=O)/C(=C/c1ccc(OC)cc1)N=[N+]=[N-]. The first-order valence-electron chi connectivity index (χ1n) is 4.70. The van der Waals surface area contributed by atoms with Crippen molar-refractivity contribution in [3.63, 3.8) is 0 Å². The summed E-state index contributed by atoms with van der Waals surface area (Å²) in [5, 5.41) is 3.27. The quantitative estimate of drug-likeness (QED) is 0.263. The van der Waals surface area contributed by atoms with Crippen molar-refractivity contribution >= 4 is 12.0 Å². The van der Waals surface area contributed by atoms with Crippen LogP contribution in [-0.4, -0.2) is 20.2 Å². The second-order valence-corrected chi connectivity index (χ2v) is 2.98. The Balaban J connectivity index is 3.03. The normalized spacial score (nSPS) is 10.4. The summed E-state index contributed by atoms with van der Waals surface area (Å²) in [4.78, 5) is 13.8. The molecule has 0 amide bonds. The van der Waals surface area contributed by atoms with Crippen LogP contribution in [0.1, 0.15) is 5.56 Å². The molecular formula is C11H11N3O3. The van der Waals surface area contributed by atoms with Crippen molar-refractivity contribution in [2.75, 3.05) is 14.2 Å². The van der Waals surface area contributed by atoms with Gasteiger partial charge in [0.2, 0.25) is 0 Å². The molecule has 0 fully saturated rings. The smallest absolute Gasteiger partial charge is 0.340 e. The topological polar surface area (TPSA) is 84.3 Å². The number of carbonyl (C=O) groups is 1. The second-order valence-electron chi connectivity index (χ2n) is 2.98. The zero-order valence-corrected chi connectivity index (χ0v) is 9.45. The molecule has 6 nitrogen and oxygen atoms in total. The predicted octanol–water partition coefficient (Wildman–Crippen LogP) is 2.52. The summed E-state index contributed by atoms with van der Waals surface area (Å²) < 4.78 is 9.48. The molecule has 0 atom stereocenters. The lowest BCUT2D eigenvalue weighted by Gasteiger charge is -2.01. The second kappa shape index (κ2) is 6.19. The number of hydrogen-bond acceptors (Lipinski definition) is 4. The molecule has 0 radical (unpaired) electrons. The van der Waals surface area contributed by atoms with Crippen molar-refractivity contribution in [3.8, 4) is 5.75 Å². The first kappa shape index (κ1) is 12.6. The van der Waals surface area contributed by atoms with E-state index in [9.17, 15) is 4.79 Å². The number of esters is 1. The Labute approximate surface area is 98.1 Å². The number of rotatable bonds is 4. The highest BCUT2D eigenvalue weighted by Gasteiger charge is 2.06. The first-order valence-corrected chi connectivity index (χ1v) is 4.70. The van der Waals surface area contributed by atoms with Crippen LogP contribution in [0.5, 0.6) is 5.75 Å². The summed E-state index contributed by atoms with van der Waals surface area (Å²) in [6.45, 7) is 0. The van der Waals surface area contributed by atoms with Crippen molar-refractivity contribution in [1.29, 1.82) is 0 Å². The van der Waals surface area contributed by atoms with Gasteiger partial charge in [0, 0.05) is 4.91 Å². The summed E-state index contributed by atoms with van der Waals surface area (Å²) in [5.41, 5.74) is 8.94. The molecule has 0 unspecified atom stereocenters. The van der Waals surface area contributed by atoms with E-state index in [2.05, 4.69) is 14.8 Å². The summed E-state index contributed by atoms with van der Waals surface area (Å²) in [6, 6.07) is 6.93. The maximum atomic E-state index is 11.2. The largest absolute Gasteiger partial charge is 0.497 e. The van der Waals surface area contributed by atoms with Crippen LogP contribution < -0.4 is 4.74 Å². The van der Waals surface area contributed by atoms with Gasteiger partial charge in [-0.1, -0.05) is 17.2 Å². The van der Waals surface area contributed by atoms with E-state index in [0.29, 0.717) is 11.3 Å². The molecular weight excluding hydrogens is 222 g/mol. The molecule has 0 aliphatic heterocycles. The van der Waals surface area contributed by atoms with E-state index in [0.717, 1.165) is 0 Å². The van der Waals surface area contributed by atoms with Gasteiger partial charge in [0.15, 0.2) is 0 Å². The molecule has 6 heteroatoms. The lowest BCUT2D eigenvalue weighted by atomic mass is 10.2. The fourth-order valence-corrected chi connectivity index (χ4v) is 1.14. The molecule has 88 valence electrons. The predicted molar refractivity (Wildman–Crippen MR) is 62.1 cm³/mol. The number of nitrogens with zero attached hydrogens (tertiary/aromatic N) is 3. The highest BCUT2D eigenvalue weighted by atomic mass is 16.5. The molecule has 1 aromatic rings. The van der Waals surface area contributed by atoms with Gasteiger partial charge >= 0.3 is 5.97 Å². The molecule has 1 rings (SSSR count). The van der Waals surface area contributed by atoms with Crippen LogP contribution in [0, 0.1) is 0 Å². The number of hydrogen-bond donors (Lipinski definition) is 0. The van der Waals surface area contributed by atoms with Crippen LogP contribution in [0.4, 0.5) is 0 Å². The van der Waals surface area contributed by atoms with Crippen molar-refractivity contribution in [2.45, 2.75) is 0 Å². The Morgan fingerprint density at radius 3 is 2.47 bits per heavy atom. The van der Waals surface area contributed by atoms with E-state index < -0.39 is 5.97 Å². The van der Waals surface area contributed by atoms with Gasteiger partial charge in [-0.05, 0) is 29.3 Å². The minimum atomic E-state index is -0.682. The third-order valence-electron chi connectivity index (χ3n) is 1.97. The summed E-state index contributed by atoms with van der Waals surface area (Å²) in [6.07, 6.45) is 1.44. The Hall–Kier alpha value is -2.46. The third-order valence-corrected chi connectivity index (χ3v) is 1.97. The molecule has 0 aromatic heterocycles. The van der Waals surface area contributed by atoms with Crippen LogP contribution in [0.25, 0.3) is 16.5 Å². The fraction of sp³-hybridized carbons (Fsp3) is 0.182. The molecule has 0 aliphatic rings. The zero-order chi connectivity index (χ0) is 12.7. The van der Waals surface area contributed by atoms with Crippen molar-refractivity contribution < 1.29 is 14.3 Å². The number of benzene rings is 1. The average Bonchev–Trinajstić information content (AvgIpc) is 2.38. The monoisotopic (exact) mass is 233 g/mol. The van der Waals surface area contributed by atoms with Crippen LogP contribution in [0.15, 0.2) is 35.1 Å². The van der Waals surface area contributed by atoms with E-state index >= 15 is 0 Å². The lowest BCUT2D eigenvalue weighted by molar-refractivity contribution is -0.136. The van der Waals surface area contributed by atoms with Crippen molar-refractivity contribution in [3.05, 3.63) is 46.0 Å². The fourth-order valence-electron chi connectivity index (χ4n) is 1.14. The summed E-state index contributed by atoms with van der Waals surface area (Å²) in [7, 11) is 2.78. The number of azide groups is 1. The van der Waals surface area contributed by atoms with Gasteiger partial charge in [-0.3, -0.25) is 0 Å². The first-order chi connectivity index (χ1) is 8.21. The Morgan fingerprint density at radius 2 is 2.00 bits per heavy atom. The van der Waals surface area contributed by atoms with Gasteiger partial charge in [0.05, 0.1) is 14.2 Å². The van der Waals surface area contributed by atoms with E-state index in [4.69, 9.17) is 10.3 Å². The molecule has 17 heavy (non-hydrogen) atoms. The summed E-state index contributed by atoms with van der Waals surface area (Å²) >= 11 is 0. The maximum absolute atomic E-state index is 11.2. The van der Waals surface area contributed by atoms with E-state index in [1.165, 1.54) is 13.2 Å². The van der Waals surface area contributed by atoms with Gasteiger partial charge in [-0.25, -0.2) is 4.79 Å². The number of carbonyl (C=O) groups excluding carboxylic acids is 1. The van der Waals surface area contributed by atoms with Crippen molar-refractivity contribution in [2.24, 2.45) is 5.11 Å². The van der Waals surface area contributed by atoms with Gasteiger partial charge in [-0.15, -0.1) is 0 Å². The minimum Gasteiger partial charge on any atom is -0.497 e. The molecule has 1 aromatic carbocycles. The Morgan fingerprint density at radius 1 is 1.35 bits per heavy atom. The van der Waals surface area contributed by atoms with E-state index in [1.54, 1.807) is 31.4 Å². The molecule has 0 spiro atoms. The molecule has 0 saturated carbocycles. The number of methoxy groups -OCH3 is 2. The Kier molecular flexibility index (Phi) is 4.59. The van der Waals surface area contributed by atoms with E-state index in [-0.39, 0.29) is 5.70 Å². The lowest BCUT2D eigenvalue weighted by Crippen LogP contribution is -2.01. The van der Waals surface area contributed by atoms with Gasteiger partial charge in [-0.2, -0.15) is 0 Å². The van der Waals surface area contributed by atoms with Crippen LogP contribution in [-0.2, 0) is 9.53 Å². The molecule has 0 heterocycles. The molecule has 0 N–H and O–H groups in total. The minimum absolute atomic E-state index is 0.0971. The molecule has 0 saturated heterocycles. The average molecular weight is 233 g/mol. The van der Waals surface area contributed by atoms with Gasteiger partial charge in [0.1, 0.15) is 11.4 Å². The molecule has 0 bridgehead atoms. The van der Waals surface area contributed by atoms with E-state index in [1.807, 2.05) is 0 Å². The molecule has 0 aliphatic carbocycles. The number of ether oxygens (including phenoxy) is 2. The Bertz CT molecular complexity index is 473. The maximum Gasteiger partial charge on any atom is 0.340 e.